The summed E-state index contributed by atoms with van der Waals surface area (Å²) in [6.07, 6.45) is 0.770. The number of hydrogen-bond donors (Lipinski definition) is 3. The molecule has 0 aliphatic heterocycles. The third-order valence-corrected chi connectivity index (χ3v) is 2.44. The van der Waals surface area contributed by atoms with E-state index in [-0.39, 0.29) is 24.1 Å². The van der Waals surface area contributed by atoms with Crippen LogP contribution in [0.4, 0.5) is 11.4 Å². The largest absolute Gasteiger partial charge is 0.379 e. The summed E-state index contributed by atoms with van der Waals surface area (Å²) in [5, 5.41) is 13.9. The molecule has 0 spiro atoms. The molecular weight excluding hydrogens is 256 g/mol. The van der Waals surface area contributed by atoms with E-state index < -0.39 is 4.92 Å². The van der Waals surface area contributed by atoms with Gasteiger partial charge in [-0.05, 0) is 31.5 Å². The van der Waals surface area contributed by atoms with Crippen molar-refractivity contribution in [2.24, 2.45) is 11.5 Å². The van der Waals surface area contributed by atoms with Crippen LogP contribution < -0.4 is 16.8 Å². The monoisotopic (exact) mass is 274 g/mol. The fourth-order valence-corrected chi connectivity index (χ4v) is 1.46. The van der Waals surface area contributed by atoms with Gasteiger partial charge in [-0.3, -0.25) is 10.1 Å². The SMILES string of the molecule is CC(N)c1ccc(NCCCN)c([N+](=O)[O-])c1.Cl. The molecule has 0 fully saturated rings. The molecule has 102 valence electrons. The molecule has 0 aromatic heterocycles. The van der Waals surface area contributed by atoms with E-state index in [1.165, 1.54) is 6.07 Å². The van der Waals surface area contributed by atoms with Crippen LogP contribution in [0, 0.1) is 10.1 Å². The zero-order valence-electron chi connectivity index (χ0n) is 10.3. The molecule has 5 N–H and O–H groups in total. The van der Waals surface area contributed by atoms with Gasteiger partial charge in [0.1, 0.15) is 5.69 Å². The van der Waals surface area contributed by atoms with Gasteiger partial charge in [-0.15, -0.1) is 12.4 Å². The van der Waals surface area contributed by atoms with Crippen LogP contribution in [0.15, 0.2) is 18.2 Å². The Hall–Kier alpha value is -1.37. The Morgan fingerprint density at radius 2 is 2.17 bits per heavy atom. The topological polar surface area (TPSA) is 107 Å². The molecule has 18 heavy (non-hydrogen) atoms. The average molecular weight is 275 g/mol. The summed E-state index contributed by atoms with van der Waals surface area (Å²) in [7, 11) is 0. The summed E-state index contributed by atoms with van der Waals surface area (Å²) < 4.78 is 0. The molecule has 1 rings (SSSR count). The average Bonchev–Trinajstić information content (AvgIpc) is 2.29. The van der Waals surface area contributed by atoms with E-state index >= 15 is 0 Å². The van der Waals surface area contributed by atoms with Gasteiger partial charge in [0.2, 0.25) is 0 Å². The molecular formula is C11H19ClN4O2. The lowest BCUT2D eigenvalue weighted by atomic mass is 10.1. The minimum Gasteiger partial charge on any atom is -0.379 e. The normalized spacial score (nSPS) is 11.5. The van der Waals surface area contributed by atoms with Gasteiger partial charge in [-0.2, -0.15) is 0 Å². The molecule has 0 saturated carbocycles. The van der Waals surface area contributed by atoms with Crippen LogP contribution in [0.25, 0.3) is 0 Å². The Kier molecular flexibility index (Phi) is 7.26. The number of hydrogen-bond acceptors (Lipinski definition) is 5. The molecule has 1 aromatic rings. The maximum absolute atomic E-state index is 10.9. The fourth-order valence-electron chi connectivity index (χ4n) is 1.46. The molecule has 0 aliphatic rings. The van der Waals surface area contributed by atoms with Gasteiger partial charge in [0.25, 0.3) is 5.69 Å². The summed E-state index contributed by atoms with van der Waals surface area (Å²) in [5.41, 5.74) is 12.4. The van der Waals surface area contributed by atoms with Gasteiger partial charge in [-0.25, -0.2) is 0 Å². The lowest BCUT2D eigenvalue weighted by molar-refractivity contribution is -0.384. The quantitative estimate of drug-likeness (QED) is 0.416. The highest BCUT2D eigenvalue weighted by Crippen LogP contribution is 2.27. The Balaban J connectivity index is 0.00000289. The van der Waals surface area contributed by atoms with Crippen molar-refractivity contribution in [2.75, 3.05) is 18.4 Å². The van der Waals surface area contributed by atoms with E-state index in [9.17, 15) is 10.1 Å². The number of benzene rings is 1. The predicted octanol–water partition coefficient (Wildman–Crippen LogP) is 1.80. The van der Waals surface area contributed by atoms with Crippen molar-refractivity contribution < 1.29 is 4.92 Å². The van der Waals surface area contributed by atoms with Crippen LogP contribution in [0.3, 0.4) is 0 Å². The number of nitro groups is 1. The Labute approximate surface area is 112 Å². The summed E-state index contributed by atoms with van der Waals surface area (Å²) in [6.45, 7) is 2.97. The molecule has 0 radical (unpaired) electrons. The second-order valence-corrected chi connectivity index (χ2v) is 3.89. The molecule has 0 heterocycles. The van der Waals surface area contributed by atoms with E-state index in [2.05, 4.69) is 5.32 Å². The third kappa shape index (κ3) is 4.48. The molecule has 0 amide bonds. The van der Waals surface area contributed by atoms with Crippen LogP contribution >= 0.6 is 12.4 Å². The highest BCUT2D eigenvalue weighted by Gasteiger charge is 2.15. The van der Waals surface area contributed by atoms with Crippen LogP contribution in [-0.2, 0) is 0 Å². The predicted molar refractivity (Wildman–Crippen MR) is 75.1 cm³/mol. The summed E-state index contributed by atoms with van der Waals surface area (Å²) in [5.74, 6) is 0. The van der Waals surface area contributed by atoms with Gasteiger partial charge in [-0.1, -0.05) is 6.07 Å². The summed E-state index contributed by atoms with van der Waals surface area (Å²) in [6, 6.07) is 4.78. The van der Waals surface area contributed by atoms with Crippen LogP contribution in [0.1, 0.15) is 24.9 Å². The van der Waals surface area contributed by atoms with E-state index in [0.717, 1.165) is 12.0 Å². The van der Waals surface area contributed by atoms with Crippen molar-refractivity contribution in [3.8, 4) is 0 Å². The van der Waals surface area contributed by atoms with Crippen LogP contribution in [-0.4, -0.2) is 18.0 Å². The number of nitrogens with one attached hydrogen (secondary N) is 1. The van der Waals surface area contributed by atoms with Gasteiger partial charge in [0.05, 0.1) is 4.92 Å². The molecule has 7 heteroatoms. The highest BCUT2D eigenvalue weighted by atomic mass is 35.5. The Morgan fingerprint density at radius 1 is 1.50 bits per heavy atom. The number of halogens is 1. The molecule has 1 unspecified atom stereocenters. The third-order valence-electron chi connectivity index (χ3n) is 2.44. The number of anilines is 1. The molecule has 1 aromatic carbocycles. The van der Waals surface area contributed by atoms with E-state index in [1.54, 1.807) is 19.1 Å². The first-order valence-corrected chi connectivity index (χ1v) is 5.54. The first kappa shape index (κ1) is 16.6. The van der Waals surface area contributed by atoms with E-state index in [0.29, 0.717) is 18.8 Å². The standard InChI is InChI=1S/C11H18N4O2.ClH/c1-8(13)9-3-4-10(14-6-2-5-12)11(7-9)15(16)17;/h3-4,7-8,14H,2,5-6,12-13H2,1H3;1H. The number of rotatable bonds is 6. The number of nitrogens with zero attached hydrogens (tertiary/aromatic N) is 1. The minimum atomic E-state index is -0.406. The first-order chi connectivity index (χ1) is 8.06. The van der Waals surface area contributed by atoms with E-state index in [4.69, 9.17) is 11.5 Å². The summed E-state index contributed by atoms with van der Waals surface area (Å²) in [4.78, 5) is 10.5. The van der Waals surface area contributed by atoms with Crippen molar-refractivity contribution >= 4 is 23.8 Å². The lowest BCUT2D eigenvalue weighted by Gasteiger charge is -2.10. The van der Waals surface area contributed by atoms with Gasteiger partial charge < -0.3 is 16.8 Å². The lowest BCUT2D eigenvalue weighted by Crippen LogP contribution is -2.10. The maximum atomic E-state index is 10.9. The van der Waals surface area contributed by atoms with Crippen LogP contribution in [0.2, 0.25) is 0 Å². The van der Waals surface area contributed by atoms with Crippen molar-refractivity contribution in [3.05, 3.63) is 33.9 Å². The zero-order chi connectivity index (χ0) is 12.8. The Morgan fingerprint density at radius 3 is 2.67 bits per heavy atom. The molecule has 1 atom stereocenters. The van der Waals surface area contributed by atoms with Crippen molar-refractivity contribution in [2.45, 2.75) is 19.4 Å². The zero-order valence-corrected chi connectivity index (χ0v) is 11.1. The maximum Gasteiger partial charge on any atom is 0.292 e. The number of nitro benzene ring substituents is 1. The minimum absolute atomic E-state index is 0. The molecule has 6 nitrogen and oxygen atoms in total. The van der Waals surface area contributed by atoms with E-state index in [1.807, 2.05) is 0 Å². The molecule has 0 aliphatic carbocycles. The van der Waals surface area contributed by atoms with Gasteiger partial charge >= 0.3 is 0 Å². The van der Waals surface area contributed by atoms with Gasteiger partial charge in [0.15, 0.2) is 0 Å². The summed E-state index contributed by atoms with van der Waals surface area (Å²) >= 11 is 0. The highest BCUT2D eigenvalue weighted by molar-refractivity contribution is 5.85. The number of nitrogens with two attached hydrogens (primary N) is 2. The Bertz CT molecular complexity index is 399. The van der Waals surface area contributed by atoms with Gasteiger partial charge in [0, 0.05) is 18.7 Å². The second kappa shape index (κ2) is 7.86. The fraction of sp³-hybridized carbons (Fsp3) is 0.455. The van der Waals surface area contributed by atoms with Crippen molar-refractivity contribution in [1.82, 2.24) is 0 Å². The first-order valence-electron chi connectivity index (χ1n) is 5.54. The molecule has 0 saturated heterocycles. The van der Waals surface area contributed by atoms with Crippen LogP contribution in [0.5, 0.6) is 0 Å². The van der Waals surface area contributed by atoms with Crippen molar-refractivity contribution in [1.29, 1.82) is 0 Å². The van der Waals surface area contributed by atoms with Crippen molar-refractivity contribution in [3.63, 3.8) is 0 Å². The second-order valence-electron chi connectivity index (χ2n) is 3.89. The smallest absolute Gasteiger partial charge is 0.292 e. The molecule has 0 bridgehead atoms.